The van der Waals surface area contributed by atoms with Gasteiger partial charge in [-0.3, -0.25) is 4.79 Å². The fraction of sp³-hybridized carbons (Fsp3) is 0.500. The molecule has 1 aromatic carbocycles. The number of carbonyl (C=O) groups excluding carboxylic acids is 1. The Balaban J connectivity index is 2.57. The van der Waals surface area contributed by atoms with Gasteiger partial charge in [0.05, 0.1) is 0 Å². The molecule has 0 saturated carbocycles. The van der Waals surface area contributed by atoms with Crippen molar-refractivity contribution in [2.75, 3.05) is 29.2 Å². The number of hydrogen-bond acceptors (Lipinski definition) is 5. The van der Waals surface area contributed by atoms with E-state index in [1.807, 2.05) is 0 Å². The number of hydrogen-bond donors (Lipinski definition) is 0. The van der Waals surface area contributed by atoms with Crippen LogP contribution < -0.4 is 4.90 Å². The number of nitrogens with zero attached hydrogens (tertiary/aromatic N) is 1. The molecule has 1 atom stereocenters. The average molecular weight is 331 g/mol. The Hall–Kier alpha value is -1.08. The van der Waals surface area contributed by atoms with Gasteiger partial charge in [0.15, 0.2) is 15.6 Å². The van der Waals surface area contributed by atoms with Crippen LogP contribution in [0.1, 0.15) is 22.8 Å². The summed E-state index contributed by atoms with van der Waals surface area (Å²) in [6.07, 6.45) is 1.19. The van der Waals surface area contributed by atoms with E-state index in [2.05, 4.69) is 0 Å². The minimum Gasteiger partial charge on any atom is -0.353 e. The molecule has 1 fully saturated rings. The Morgan fingerprint density at radius 3 is 2.67 bits per heavy atom. The minimum atomic E-state index is -3.29. The van der Waals surface area contributed by atoms with E-state index in [-0.39, 0.29) is 11.3 Å². The molecule has 21 heavy (non-hydrogen) atoms. The van der Waals surface area contributed by atoms with Crippen molar-refractivity contribution in [3.63, 3.8) is 0 Å². The molecule has 1 aliphatic heterocycles. The fourth-order valence-electron chi connectivity index (χ4n) is 2.40. The van der Waals surface area contributed by atoms with Crippen molar-refractivity contribution in [3.8, 4) is 0 Å². The van der Waals surface area contributed by atoms with Gasteiger partial charge in [-0.25, -0.2) is 12.8 Å². The first-order chi connectivity index (χ1) is 9.71. The minimum absolute atomic E-state index is 0.235. The number of ketones is 1. The van der Waals surface area contributed by atoms with E-state index in [1.54, 1.807) is 29.7 Å². The van der Waals surface area contributed by atoms with Gasteiger partial charge in [0.1, 0.15) is 11.2 Å². The van der Waals surface area contributed by atoms with Gasteiger partial charge in [0.2, 0.25) is 0 Å². The van der Waals surface area contributed by atoms with E-state index in [1.165, 1.54) is 19.2 Å². The van der Waals surface area contributed by atoms with Gasteiger partial charge in [-0.2, -0.15) is 11.8 Å². The fourth-order valence-corrected chi connectivity index (χ4v) is 5.23. The normalized spacial score (nSPS) is 19.6. The molecule has 1 saturated heterocycles. The van der Waals surface area contributed by atoms with Gasteiger partial charge >= 0.3 is 0 Å². The highest BCUT2D eigenvalue weighted by atomic mass is 32.2. The smallest absolute Gasteiger partial charge is 0.169 e. The number of Topliss-reactive ketones (excluding diaryl/α,β-unsaturated/α-hetero) is 1. The SMILES string of the molecule is CC(=O)c1cc(F)c(C)cc1N1CCSCC1S(C)(=O)=O. The highest BCUT2D eigenvalue weighted by molar-refractivity contribution is 8.01. The van der Waals surface area contributed by atoms with E-state index in [4.69, 9.17) is 0 Å². The summed E-state index contributed by atoms with van der Waals surface area (Å²) in [6, 6.07) is 2.77. The second-order valence-electron chi connectivity index (χ2n) is 5.23. The molecule has 7 heteroatoms. The van der Waals surface area contributed by atoms with Crippen molar-refractivity contribution in [2.45, 2.75) is 19.2 Å². The maximum absolute atomic E-state index is 13.7. The first-order valence-electron chi connectivity index (χ1n) is 6.56. The van der Waals surface area contributed by atoms with Gasteiger partial charge < -0.3 is 4.90 Å². The standard InChI is InChI=1S/C14H18FNO3S2/c1-9-6-13(11(10(2)17)7-12(9)15)16-4-5-20-8-14(16)21(3,18)19/h6-7,14H,4-5,8H2,1-3H3. The molecule has 1 aromatic rings. The topological polar surface area (TPSA) is 54.5 Å². The van der Waals surface area contributed by atoms with Gasteiger partial charge in [0, 0.05) is 35.6 Å². The number of halogens is 1. The van der Waals surface area contributed by atoms with Gasteiger partial charge in [-0.05, 0) is 31.5 Å². The summed E-state index contributed by atoms with van der Waals surface area (Å²) in [5, 5.41) is -0.681. The molecular formula is C14H18FNO3S2. The van der Waals surface area contributed by atoms with Crippen molar-refractivity contribution in [1.29, 1.82) is 0 Å². The van der Waals surface area contributed by atoms with Crippen LogP contribution in [0, 0.1) is 12.7 Å². The molecule has 0 aliphatic carbocycles. The Morgan fingerprint density at radius 1 is 1.43 bits per heavy atom. The number of anilines is 1. The van der Waals surface area contributed by atoms with Crippen LogP contribution in [0.2, 0.25) is 0 Å². The lowest BCUT2D eigenvalue weighted by Crippen LogP contribution is -2.47. The van der Waals surface area contributed by atoms with Crippen molar-refractivity contribution in [1.82, 2.24) is 0 Å². The molecule has 0 N–H and O–H groups in total. The number of carbonyl (C=O) groups is 1. The maximum Gasteiger partial charge on any atom is 0.169 e. The van der Waals surface area contributed by atoms with Crippen molar-refractivity contribution < 1.29 is 17.6 Å². The summed E-state index contributed by atoms with van der Waals surface area (Å²) < 4.78 is 37.7. The number of rotatable bonds is 3. The third kappa shape index (κ3) is 3.40. The zero-order valence-corrected chi connectivity index (χ0v) is 13.9. The van der Waals surface area contributed by atoms with Crippen LogP contribution in [0.3, 0.4) is 0 Å². The van der Waals surface area contributed by atoms with Gasteiger partial charge in [0.25, 0.3) is 0 Å². The number of sulfone groups is 1. The largest absolute Gasteiger partial charge is 0.353 e. The third-order valence-corrected chi connectivity index (χ3v) is 6.19. The van der Waals surface area contributed by atoms with Crippen LogP contribution in [0.15, 0.2) is 12.1 Å². The predicted molar refractivity (Wildman–Crippen MR) is 84.4 cm³/mol. The summed E-state index contributed by atoms with van der Waals surface area (Å²) >= 11 is 1.57. The second kappa shape index (κ2) is 5.96. The summed E-state index contributed by atoms with van der Waals surface area (Å²) in [5.74, 6) is 0.507. The first kappa shape index (κ1) is 16.3. The van der Waals surface area contributed by atoms with Crippen molar-refractivity contribution in [2.24, 2.45) is 0 Å². The number of benzene rings is 1. The number of aryl methyl sites for hydroxylation is 1. The highest BCUT2D eigenvalue weighted by Crippen LogP contribution is 2.31. The molecular weight excluding hydrogens is 313 g/mol. The Bertz CT molecular complexity index is 673. The van der Waals surface area contributed by atoms with Crippen LogP contribution >= 0.6 is 11.8 Å². The second-order valence-corrected chi connectivity index (χ2v) is 8.58. The monoisotopic (exact) mass is 331 g/mol. The van der Waals surface area contributed by atoms with E-state index < -0.39 is 21.0 Å². The number of thioether (sulfide) groups is 1. The van der Waals surface area contributed by atoms with Crippen LogP contribution in [0.5, 0.6) is 0 Å². The molecule has 1 heterocycles. The van der Waals surface area contributed by atoms with Crippen LogP contribution in [0.25, 0.3) is 0 Å². The lowest BCUT2D eigenvalue weighted by atomic mass is 10.0. The molecule has 1 unspecified atom stereocenters. The summed E-state index contributed by atoms with van der Waals surface area (Å²) in [6.45, 7) is 3.49. The zero-order valence-electron chi connectivity index (χ0n) is 12.2. The highest BCUT2D eigenvalue weighted by Gasteiger charge is 2.33. The lowest BCUT2D eigenvalue weighted by molar-refractivity contribution is 0.101. The van der Waals surface area contributed by atoms with Gasteiger partial charge in [-0.1, -0.05) is 0 Å². The lowest BCUT2D eigenvalue weighted by Gasteiger charge is -2.37. The van der Waals surface area contributed by atoms with Crippen LogP contribution in [0.4, 0.5) is 10.1 Å². The third-order valence-electron chi connectivity index (χ3n) is 3.54. The molecule has 116 valence electrons. The molecule has 2 rings (SSSR count). The summed E-state index contributed by atoms with van der Waals surface area (Å²) in [7, 11) is -3.29. The Labute approximate surface area is 128 Å². The van der Waals surface area contributed by atoms with E-state index in [9.17, 15) is 17.6 Å². The first-order valence-corrected chi connectivity index (χ1v) is 9.67. The molecule has 1 aliphatic rings. The molecule has 0 amide bonds. The average Bonchev–Trinajstić information content (AvgIpc) is 2.40. The predicted octanol–water partition coefficient (Wildman–Crippen LogP) is 2.26. The molecule has 4 nitrogen and oxygen atoms in total. The molecule has 0 aromatic heterocycles. The summed E-state index contributed by atoms with van der Waals surface area (Å²) in [5.41, 5.74) is 1.15. The van der Waals surface area contributed by atoms with Crippen molar-refractivity contribution >= 4 is 33.1 Å². The van der Waals surface area contributed by atoms with E-state index in [0.717, 1.165) is 5.75 Å². The summed E-state index contributed by atoms with van der Waals surface area (Å²) in [4.78, 5) is 13.5. The zero-order chi connectivity index (χ0) is 15.8. The van der Waals surface area contributed by atoms with Crippen molar-refractivity contribution in [3.05, 3.63) is 29.1 Å². The Morgan fingerprint density at radius 2 is 2.10 bits per heavy atom. The Kier molecular flexibility index (Phi) is 4.63. The molecule has 0 bridgehead atoms. The molecule has 0 spiro atoms. The van der Waals surface area contributed by atoms with Crippen LogP contribution in [-0.2, 0) is 9.84 Å². The van der Waals surface area contributed by atoms with Crippen LogP contribution in [-0.4, -0.2) is 43.9 Å². The van der Waals surface area contributed by atoms with E-state index in [0.29, 0.717) is 23.5 Å². The molecule has 0 radical (unpaired) electrons. The van der Waals surface area contributed by atoms with E-state index >= 15 is 0 Å². The maximum atomic E-state index is 13.7. The van der Waals surface area contributed by atoms with Gasteiger partial charge in [-0.15, -0.1) is 0 Å². The quantitative estimate of drug-likeness (QED) is 0.795.